The molecule has 3 aromatic carbocycles. The molecule has 0 saturated carbocycles. The standard InChI is InChI=1S/C27H25N5O6S2/c1-18-16-19(2)29-27(28-18)31-39(34,35)21-14-12-20(13-15-21)30-26(33)25-17-32(23-10-6-7-11-24(23)38-25)40(36,37)22-8-4-3-5-9-22/h3-16,25H,17H2,1-2H3,(H,30,33)(H,28,29,31)/t25-/m0/s1. The van der Waals surface area contributed by atoms with Gasteiger partial charge in [-0.3, -0.25) is 9.10 Å². The molecule has 1 amide bonds. The minimum atomic E-state index is -3.98. The van der Waals surface area contributed by atoms with Gasteiger partial charge in [-0.05, 0) is 68.4 Å². The molecule has 2 N–H and O–H groups in total. The number of benzene rings is 3. The smallest absolute Gasteiger partial charge is 0.267 e. The van der Waals surface area contributed by atoms with E-state index in [1.54, 1.807) is 62.4 Å². The summed E-state index contributed by atoms with van der Waals surface area (Å²) in [4.78, 5) is 21.4. The Morgan fingerprint density at radius 2 is 1.48 bits per heavy atom. The van der Waals surface area contributed by atoms with Crippen LogP contribution in [-0.2, 0) is 24.8 Å². The number of para-hydroxylation sites is 2. The third kappa shape index (κ3) is 5.60. The number of fused-ring (bicyclic) bond motifs is 1. The highest BCUT2D eigenvalue weighted by atomic mass is 32.2. The number of sulfonamides is 2. The van der Waals surface area contributed by atoms with Crippen LogP contribution in [-0.4, -0.2) is 45.4 Å². The predicted octanol–water partition coefficient (Wildman–Crippen LogP) is 3.49. The van der Waals surface area contributed by atoms with Crippen molar-refractivity contribution in [2.45, 2.75) is 29.7 Å². The molecule has 1 atom stereocenters. The summed E-state index contributed by atoms with van der Waals surface area (Å²) < 4.78 is 61.9. The molecular weight excluding hydrogens is 554 g/mol. The van der Waals surface area contributed by atoms with Crippen LogP contribution < -0.4 is 19.1 Å². The summed E-state index contributed by atoms with van der Waals surface area (Å²) >= 11 is 0. The van der Waals surface area contributed by atoms with Gasteiger partial charge in [-0.1, -0.05) is 30.3 Å². The van der Waals surface area contributed by atoms with E-state index in [0.29, 0.717) is 22.8 Å². The summed E-state index contributed by atoms with van der Waals surface area (Å²) in [5.41, 5.74) is 1.86. The lowest BCUT2D eigenvalue weighted by atomic mass is 10.2. The Morgan fingerprint density at radius 3 is 2.15 bits per heavy atom. The number of anilines is 3. The van der Waals surface area contributed by atoms with Crippen LogP contribution >= 0.6 is 0 Å². The van der Waals surface area contributed by atoms with E-state index in [1.165, 1.54) is 36.4 Å². The van der Waals surface area contributed by atoms with Crippen LogP contribution in [0.4, 0.5) is 17.3 Å². The molecule has 0 unspecified atom stereocenters. The Labute approximate surface area is 232 Å². The second-order valence-corrected chi connectivity index (χ2v) is 12.6. The first-order chi connectivity index (χ1) is 19.0. The Kier molecular flexibility index (Phi) is 7.17. The molecule has 0 spiro atoms. The summed E-state index contributed by atoms with van der Waals surface area (Å²) in [5, 5.41) is 2.67. The van der Waals surface area contributed by atoms with Crippen LogP contribution in [0.3, 0.4) is 0 Å². The summed E-state index contributed by atoms with van der Waals surface area (Å²) in [5.74, 6) is -0.394. The van der Waals surface area contributed by atoms with Gasteiger partial charge >= 0.3 is 0 Å². The van der Waals surface area contributed by atoms with E-state index in [1.807, 2.05) is 0 Å². The first kappa shape index (κ1) is 27.1. The van der Waals surface area contributed by atoms with Crippen molar-refractivity contribution in [2.24, 2.45) is 0 Å². The number of nitrogens with one attached hydrogen (secondary N) is 2. The predicted molar refractivity (Wildman–Crippen MR) is 149 cm³/mol. The van der Waals surface area contributed by atoms with Crippen molar-refractivity contribution in [3.8, 4) is 5.75 Å². The van der Waals surface area contributed by atoms with Crippen LogP contribution in [0.15, 0.2) is 94.7 Å². The first-order valence-corrected chi connectivity index (χ1v) is 15.0. The fraction of sp³-hybridized carbons (Fsp3) is 0.148. The van der Waals surface area contributed by atoms with Gasteiger partial charge in [0.15, 0.2) is 6.10 Å². The average molecular weight is 580 g/mol. The van der Waals surface area contributed by atoms with Crippen molar-refractivity contribution >= 4 is 43.3 Å². The van der Waals surface area contributed by atoms with E-state index in [4.69, 9.17) is 4.74 Å². The van der Waals surface area contributed by atoms with E-state index >= 15 is 0 Å². The fourth-order valence-electron chi connectivity index (χ4n) is 4.18. The van der Waals surface area contributed by atoms with Crippen LogP contribution in [0.5, 0.6) is 5.75 Å². The van der Waals surface area contributed by atoms with Crippen LogP contribution in [0, 0.1) is 13.8 Å². The van der Waals surface area contributed by atoms with E-state index in [0.717, 1.165) is 4.31 Å². The van der Waals surface area contributed by atoms with Gasteiger partial charge in [0.1, 0.15) is 5.75 Å². The zero-order valence-corrected chi connectivity index (χ0v) is 23.1. The SMILES string of the molecule is Cc1cc(C)nc(NS(=O)(=O)c2ccc(NC(=O)[C@@H]3CN(S(=O)(=O)c4ccccc4)c4ccccc4O3)cc2)n1. The molecule has 1 aromatic heterocycles. The molecule has 206 valence electrons. The lowest BCUT2D eigenvalue weighted by molar-refractivity contribution is -0.122. The third-order valence-electron chi connectivity index (χ3n) is 6.00. The van der Waals surface area contributed by atoms with Crippen molar-refractivity contribution in [2.75, 3.05) is 20.9 Å². The Hall–Kier alpha value is -4.49. The van der Waals surface area contributed by atoms with Crippen molar-refractivity contribution in [1.82, 2.24) is 9.97 Å². The lowest BCUT2D eigenvalue weighted by Gasteiger charge is -2.34. The number of rotatable bonds is 7. The number of aromatic nitrogens is 2. The molecule has 1 aliphatic heterocycles. The van der Waals surface area contributed by atoms with E-state index < -0.39 is 32.1 Å². The van der Waals surface area contributed by atoms with Crippen molar-refractivity contribution < 1.29 is 26.4 Å². The molecule has 1 aliphatic rings. The average Bonchev–Trinajstić information content (AvgIpc) is 2.92. The van der Waals surface area contributed by atoms with Crippen LogP contribution in [0.2, 0.25) is 0 Å². The summed E-state index contributed by atoms with van der Waals surface area (Å²) in [7, 11) is -7.96. The second kappa shape index (κ2) is 10.6. The highest BCUT2D eigenvalue weighted by Gasteiger charge is 2.37. The molecule has 0 radical (unpaired) electrons. The quantitative estimate of drug-likeness (QED) is 0.338. The van der Waals surface area contributed by atoms with Gasteiger partial charge in [0.05, 0.1) is 22.0 Å². The zero-order chi connectivity index (χ0) is 28.5. The van der Waals surface area contributed by atoms with Gasteiger partial charge in [-0.15, -0.1) is 0 Å². The minimum Gasteiger partial charge on any atom is -0.476 e. The van der Waals surface area contributed by atoms with Gasteiger partial charge in [0.2, 0.25) is 5.95 Å². The fourth-order valence-corrected chi connectivity index (χ4v) is 6.62. The number of nitrogens with zero attached hydrogens (tertiary/aromatic N) is 3. The molecule has 0 saturated heterocycles. The number of hydrogen-bond acceptors (Lipinski definition) is 8. The van der Waals surface area contributed by atoms with E-state index in [9.17, 15) is 21.6 Å². The highest BCUT2D eigenvalue weighted by Crippen LogP contribution is 2.37. The van der Waals surface area contributed by atoms with Gasteiger partial charge < -0.3 is 10.1 Å². The number of hydrogen-bond donors (Lipinski definition) is 2. The third-order valence-corrected chi connectivity index (χ3v) is 9.14. The number of amides is 1. The van der Waals surface area contributed by atoms with Gasteiger partial charge in [-0.25, -0.2) is 31.5 Å². The molecule has 0 bridgehead atoms. The molecular formula is C27H25N5O6S2. The van der Waals surface area contributed by atoms with E-state index in [-0.39, 0.29) is 28.0 Å². The van der Waals surface area contributed by atoms with Gasteiger partial charge in [-0.2, -0.15) is 0 Å². The molecule has 13 heteroatoms. The van der Waals surface area contributed by atoms with Crippen molar-refractivity contribution in [1.29, 1.82) is 0 Å². The van der Waals surface area contributed by atoms with Gasteiger partial charge in [0, 0.05) is 17.1 Å². The molecule has 11 nitrogen and oxygen atoms in total. The van der Waals surface area contributed by atoms with Crippen molar-refractivity contribution in [3.63, 3.8) is 0 Å². The Bertz CT molecular complexity index is 1760. The lowest BCUT2D eigenvalue weighted by Crippen LogP contribution is -2.48. The van der Waals surface area contributed by atoms with Crippen LogP contribution in [0.1, 0.15) is 11.4 Å². The molecule has 5 rings (SSSR count). The number of ether oxygens (including phenoxy) is 1. The largest absolute Gasteiger partial charge is 0.476 e. The number of aryl methyl sites for hydroxylation is 2. The Balaban J connectivity index is 1.33. The van der Waals surface area contributed by atoms with Crippen LogP contribution in [0.25, 0.3) is 0 Å². The summed E-state index contributed by atoms with van der Waals surface area (Å²) in [6.07, 6.45) is -1.17. The number of carbonyl (C=O) groups is 1. The Morgan fingerprint density at radius 1 is 0.850 bits per heavy atom. The summed E-state index contributed by atoms with van der Waals surface area (Å²) in [6, 6.07) is 21.7. The summed E-state index contributed by atoms with van der Waals surface area (Å²) in [6.45, 7) is 3.20. The van der Waals surface area contributed by atoms with Crippen molar-refractivity contribution in [3.05, 3.63) is 96.3 Å². The second-order valence-electron chi connectivity index (χ2n) is 9.02. The molecule has 40 heavy (non-hydrogen) atoms. The maximum absolute atomic E-state index is 13.4. The maximum Gasteiger partial charge on any atom is 0.267 e. The monoisotopic (exact) mass is 579 g/mol. The zero-order valence-electron chi connectivity index (χ0n) is 21.5. The molecule has 0 aliphatic carbocycles. The van der Waals surface area contributed by atoms with Gasteiger partial charge in [0.25, 0.3) is 26.0 Å². The molecule has 2 heterocycles. The molecule has 0 fully saturated rings. The maximum atomic E-state index is 13.4. The minimum absolute atomic E-state index is 0.0420. The van der Waals surface area contributed by atoms with E-state index in [2.05, 4.69) is 20.0 Å². The topological polar surface area (TPSA) is 148 Å². The normalized spacial score (nSPS) is 15.1. The molecule has 4 aromatic rings. The first-order valence-electron chi connectivity index (χ1n) is 12.1. The highest BCUT2D eigenvalue weighted by molar-refractivity contribution is 7.93. The number of carbonyl (C=O) groups excluding carboxylic acids is 1.